The monoisotopic (exact) mass is 343 g/mol. The normalized spacial score (nSPS) is 13.4. The fraction of sp³-hybridized carbons (Fsp3) is 0.188. The number of aryl methyl sites for hydroxylation is 1. The minimum absolute atomic E-state index is 0.657. The maximum Gasteiger partial charge on any atom is 0.139 e. The lowest BCUT2D eigenvalue weighted by Gasteiger charge is -2.03. The molecule has 1 aliphatic heterocycles. The van der Waals surface area contributed by atoms with E-state index in [1.807, 2.05) is 35.7 Å². The molecule has 5 heteroatoms. The molecule has 4 rings (SSSR count). The van der Waals surface area contributed by atoms with Crippen LogP contribution in [0.4, 0.5) is 5.82 Å². The Kier molecular flexibility index (Phi) is 2.72. The molecule has 21 heavy (non-hydrogen) atoms. The third-order valence-electron chi connectivity index (χ3n) is 3.90. The molecule has 0 atom stereocenters. The lowest BCUT2D eigenvalue weighted by molar-refractivity contribution is 0.357. The first-order valence-corrected chi connectivity index (χ1v) is 7.62. The van der Waals surface area contributed by atoms with Crippen molar-refractivity contribution in [1.29, 1.82) is 0 Å². The minimum atomic E-state index is 0.657. The second kappa shape index (κ2) is 4.49. The molecule has 4 nitrogen and oxygen atoms in total. The van der Waals surface area contributed by atoms with Crippen LogP contribution in [0.25, 0.3) is 16.9 Å². The highest BCUT2D eigenvalue weighted by Crippen LogP contribution is 2.33. The molecular formula is C16H14BrN3O. The van der Waals surface area contributed by atoms with Crippen LogP contribution in [-0.4, -0.2) is 16.0 Å². The molecule has 0 radical (unpaired) electrons. The minimum Gasteiger partial charge on any atom is -0.493 e. The lowest BCUT2D eigenvalue weighted by Crippen LogP contribution is -1.95. The van der Waals surface area contributed by atoms with Gasteiger partial charge in [0.05, 0.1) is 6.61 Å². The Labute approximate surface area is 130 Å². The summed E-state index contributed by atoms with van der Waals surface area (Å²) >= 11 is 3.54. The summed E-state index contributed by atoms with van der Waals surface area (Å²) in [6.07, 6.45) is 2.91. The molecule has 1 aliphatic rings. The van der Waals surface area contributed by atoms with Crippen LogP contribution in [0.3, 0.4) is 0 Å². The molecule has 0 bridgehead atoms. The van der Waals surface area contributed by atoms with Crippen LogP contribution in [0.1, 0.15) is 11.1 Å². The molecule has 2 aromatic heterocycles. The number of fused-ring (bicyclic) bond motifs is 2. The van der Waals surface area contributed by atoms with Crippen LogP contribution in [0.5, 0.6) is 5.75 Å². The molecule has 0 amide bonds. The van der Waals surface area contributed by atoms with Gasteiger partial charge in [-0.1, -0.05) is 0 Å². The molecule has 3 aromatic rings. The van der Waals surface area contributed by atoms with Crippen molar-refractivity contribution in [2.75, 3.05) is 12.3 Å². The highest BCUT2D eigenvalue weighted by atomic mass is 79.9. The standard InChI is InChI=1S/C16H14BrN3O/c1-9-6-14-19-15(16(18)20(14)8-12(9)17)11-2-3-13-10(7-11)4-5-21-13/h2-3,6-8H,4-5,18H2,1H3. The number of nitrogens with two attached hydrogens (primary N) is 1. The zero-order valence-electron chi connectivity index (χ0n) is 11.6. The Morgan fingerprint density at radius 2 is 2.19 bits per heavy atom. The summed E-state index contributed by atoms with van der Waals surface area (Å²) in [6.45, 7) is 2.80. The quantitative estimate of drug-likeness (QED) is 0.734. The number of pyridine rings is 1. The van der Waals surface area contributed by atoms with Crippen molar-refractivity contribution in [3.05, 3.63) is 46.1 Å². The van der Waals surface area contributed by atoms with E-state index in [9.17, 15) is 0 Å². The molecule has 2 N–H and O–H groups in total. The van der Waals surface area contributed by atoms with Gasteiger partial charge in [0.2, 0.25) is 0 Å². The summed E-state index contributed by atoms with van der Waals surface area (Å²) in [5.74, 6) is 1.63. The number of halogens is 1. The van der Waals surface area contributed by atoms with Crippen molar-refractivity contribution >= 4 is 27.4 Å². The lowest BCUT2D eigenvalue weighted by atomic mass is 10.1. The Balaban J connectivity index is 1.92. The highest BCUT2D eigenvalue weighted by molar-refractivity contribution is 9.10. The van der Waals surface area contributed by atoms with Gasteiger partial charge in [0, 0.05) is 22.7 Å². The molecule has 0 fully saturated rings. The summed E-state index contributed by atoms with van der Waals surface area (Å²) in [6, 6.07) is 8.18. The zero-order valence-corrected chi connectivity index (χ0v) is 13.1. The van der Waals surface area contributed by atoms with Crippen molar-refractivity contribution in [2.45, 2.75) is 13.3 Å². The molecule has 0 spiro atoms. The van der Waals surface area contributed by atoms with Gasteiger partial charge in [-0.3, -0.25) is 4.40 Å². The van der Waals surface area contributed by atoms with Gasteiger partial charge in [0.15, 0.2) is 0 Å². The van der Waals surface area contributed by atoms with Crippen molar-refractivity contribution in [2.24, 2.45) is 0 Å². The number of anilines is 1. The maximum absolute atomic E-state index is 6.28. The van der Waals surface area contributed by atoms with Crippen molar-refractivity contribution < 1.29 is 4.74 Å². The van der Waals surface area contributed by atoms with E-state index in [2.05, 4.69) is 27.0 Å². The second-order valence-electron chi connectivity index (χ2n) is 5.30. The Morgan fingerprint density at radius 3 is 3.05 bits per heavy atom. The first kappa shape index (κ1) is 12.7. The third kappa shape index (κ3) is 1.92. The van der Waals surface area contributed by atoms with E-state index in [1.54, 1.807) is 0 Å². The highest BCUT2D eigenvalue weighted by Gasteiger charge is 2.17. The van der Waals surface area contributed by atoms with Gasteiger partial charge in [-0.25, -0.2) is 4.98 Å². The Hall–Kier alpha value is -2.01. The number of ether oxygens (including phenoxy) is 1. The first-order valence-electron chi connectivity index (χ1n) is 6.83. The summed E-state index contributed by atoms with van der Waals surface area (Å²) < 4.78 is 8.48. The van der Waals surface area contributed by atoms with E-state index in [4.69, 9.17) is 10.5 Å². The first-order chi connectivity index (χ1) is 10.1. The van der Waals surface area contributed by atoms with Gasteiger partial charge in [0.25, 0.3) is 0 Å². The van der Waals surface area contributed by atoms with E-state index in [0.717, 1.165) is 45.7 Å². The van der Waals surface area contributed by atoms with Gasteiger partial charge in [-0.15, -0.1) is 0 Å². The largest absolute Gasteiger partial charge is 0.493 e. The van der Waals surface area contributed by atoms with E-state index in [0.29, 0.717) is 5.82 Å². The van der Waals surface area contributed by atoms with Crippen LogP contribution >= 0.6 is 15.9 Å². The van der Waals surface area contributed by atoms with Gasteiger partial charge in [0.1, 0.15) is 22.9 Å². The number of aromatic nitrogens is 2. The fourth-order valence-electron chi connectivity index (χ4n) is 2.72. The Morgan fingerprint density at radius 1 is 1.33 bits per heavy atom. The fourth-order valence-corrected chi connectivity index (χ4v) is 3.04. The van der Waals surface area contributed by atoms with E-state index >= 15 is 0 Å². The molecule has 3 heterocycles. The van der Waals surface area contributed by atoms with Gasteiger partial charge >= 0.3 is 0 Å². The molecule has 0 unspecified atom stereocenters. The van der Waals surface area contributed by atoms with Crippen LogP contribution in [-0.2, 0) is 6.42 Å². The predicted molar refractivity (Wildman–Crippen MR) is 86.7 cm³/mol. The Bertz CT molecular complexity index is 870. The van der Waals surface area contributed by atoms with E-state index in [1.165, 1.54) is 5.56 Å². The molecule has 0 saturated carbocycles. The van der Waals surface area contributed by atoms with Crippen LogP contribution in [0.2, 0.25) is 0 Å². The van der Waals surface area contributed by atoms with E-state index < -0.39 is 0 Å². The van der Waals surface area contributed by atoms with Gasteiger partial charge < -0.3 is 10.5 Å². The average molecular weight is 344 g/mol. The summed E-state index contributed by atoms with van der Waals surface area (Å²) in [5, 5.41) is 0. The van der Waals surface area contributed by atoms with Crippen LogP contribution < -0.4 is 10.5 Å². The van der Waals surface area contributed by atoms with Crippen molar-refractivity contribution in [1.82, 2.24) is 9.38 Å². The molecule has 0 aliphatic carbocycles. The average Bonchev–Trinajstić information content (AvgIpc) is 3.05. The van der Waals surface area contributed by atoms with Gasteiger partial charge in [-0.2, -0.15) is 0 Å². The SMILES string of the molecule is Cc1cc2nc(-c3ccc4c(c3)CCO4)c(N)n2cc1Br. The predicted octanol–water partition coefficient (Wildman–Crippen LogP) is 3.59. The summed E-state index contributed by atoms with van der Waals surface area (Å²) in [4.78, 5) is 4.69. The van der Waals surface area contributed by atoms with Gasteiger partial charge in [-0.05, 0) is 58.2 Å². The molecule has 1 aromatic carbocycles. The van der Waals surface area contributed by atoms with Crippen LogP contribution in [0, 0.1) is 6.92 Å². The maximum atomic E-state index is 6.28. The number of benzene rings is 1. The number of imidazole rings is 1. The third-order valence-corrected chi connectivity index (χ3v) is 4.73. The molecular weight excluding hydrogens is 330 g/mol. The number of nitrogen functional groups attached to an aromatic ring is 1. The number of hydrogen-bond donors (Lipinski definition) is 1. The smallest absolute Gasteiger partial charge is 0.139 e. The summed E-state index contributed by atoms with van der Waals surface area (Å²) in [5.41, 5.74) is 11.4. The second-order valence-corrected chi connectivity index (χ2v) is 6.15. The van der Waals surface area contributed by atoms with Crippen molar-refractivity contribution in [3.63, 3.8) is 0 Å². The topological polar surface area (TPSA) is 52.5 Å². The zero-order chi connectivity index (χ0) is 14.6. The molecule has 106 valence electrons. The number of hydrogen-bond acceptors (Lipinski definition) is 3. The van der Waals surface area contributed by atoms with Crippen LogP contribution in [0.15, 0.2) is 34.9 Å². The van der Waals surface area contributed by atoms with Crippen molar-refractivity contribution in [3.8, 4) is 17.0 Å². The van der Waals surface area contributed by atoms with E-state index in [-0.39, 0.29) is 0 Å². The molecule has 0 saturated heterocycles. The number of rotatable bonds is 1. The number of nitrogens with zero attached hydrogens (tertiary/aromatic N) is 2. The summed E-state index contributed by atoms with van der Waals surface area (Å²) in [7, 11) is 0.